The lowest BCUT2D eigenvalue weighted by Crippen LogP contribution is -2.33. The van der Waals surface area contributed by atoms with Crippen molar-refractivity contribution in [3.63, 3.8) is 0 Å². The molecule has 0 saturated heterocycles. The smallest absolute Gasteiger partial charge is 0.280 e. The fourth-order valence-electron chi connectivity index (χ4n) is 3.17. The van der Waals surface area contributed by atoms with Gasteiger partial charge in [-0.1, -0.05) is 15.9 Å². The summed E-state index contributed by atoms with van der Waals surface area (Å²) in [6, 6.07) is 14.8. The zero-order valence-corrected chi connectivity index (χ0v) is 18.9. The number of hydrazone groups is 1. The SMILES string of the molecule is Cc1cc(O)ccc1OC(C)C(=O)NN=Cc1cc(C)n(-c2ccc(Br)cc2)c1C. The second kappa shape index (κ2) is 9.17. The first kappa shape index (κ1) is 21.6. The predicted molar refractivity (Wildman–Crippen MR) is 122 cm³/mol. The number of phenols is 1. The van der Waals surface area contributed by atoms with E-state index in [9.17, 15) is 9.90 Å². The number of carbonyl (C=O) groups excluding carboxylic acids is 1. The van der Waals surface area contributed by atoms with Crippen molar-refractivity contribution in [2.24, 2.45) is 5.10 Å². The number of phenolic OH excluding ortho intramolecular Hbond substituents is 1. The van der Waals surface area contributed by atoms with Crippen molar-refractivity contribution < 1.29 is 14.6 Å². The van der Waals surface area contributed by atoms with E-state index < -0.39 is 6.10 Å². The maximum Gasteiger partial charge on any atom is 0.280 e. The van der Waals surface area contributed by atoms with Gasteiger partial charge >= 0.3 is 0 Å². The molecule has 7 heteroatoms. The molecule has 1 amide bonds. The molecular formula is C23H24BrN3O3. The number of nitrogens with one attached hydrogen (secondary N) is 1. The Morgan fingerprint density at radius 1 is 1.17 bits per heavy atom. The Labute approximate surface area is 184 Å². The molecule has 0 bridgehead atoms. The highest BCUT2D eigenvalue weighted by molar-refractivity contribution is 9.10. The molecular weight excluding hydrogens is 446 g/mol. The van der Waals surface area contributed by atoms with Crippen LogP contribution in [0.3, 0.4) is 0 Å². The lowest BCUT2D eigenvalue weighted by molar-refractivity contribution is -0.127. The van der Waals surface area contributed by atoms with Crippen LogP contribution in [-0.2, 0) is 4.79 Å². The monoisotopic (exact) mass is 469 g/mol. The first-order valence-corrected chi connectivity index (χ1v) is 10.3. The molecule has 0 aliphatic rings. The number of nitrogens with zero attached hydrogens (tertiary/aromatic N) is 2. The number of aryl methyl sites for hydroxylation is 2. The predicted octanol–water partition coefficient (Wildman–Crippen LogP) is 4.79. The second-order valence-corrected chi connectivity index (χ2v) is 8.00. The van der Waals surface area contributed by atoms with Crippen LogP contribution in [0.5, 0.6) is 11.5 Å². The van der Waals surface area contributed by atoms with E-state index in [2.05, 4.69) is 31.0 Å². The van der Waals surface area contributed by atoms with Gasteiger partial charge in [-0.25, -0.2) is 5.43 Å². The number of benzene rings is 2. The molecule has 1 unspecified atom stereocenters. The summed E-state index contributed by atoms with van der Waals surface area (Å²) in [6.45, 7) is 7.49. The van der Waals surface area contributed by atoms with E-state index in [4.69, 9.17) is 4.74 Å². The van der Waals surface area contributed by atoms with Gasteiger partial charge in [-0.05, 0) is 81.8 Å². The maximum atomic E-state index is 12.3. The second-order valence-electron chi connectivity index (χ2n) is 7.08. The Hall–Kier alpha value is -3.06. The standard InChI is InChI=1S/C23H24BrN3O3/c1-14-11-21(28)9-10-22(14)30-17(4)23(29)26-25-13-18-12-15(2)27(16(18)3)20-7-5-19(24)6-8-20/h5-13,17,28H,1-4H3,(H,26,29). The van der Waals surface area contributed by atoms with Crippen molar-refractivity contribution in [2.75, 3.05) is 0 Å². The van der Waals surface area contributed by atoms with Crippen LogP contribution in [0.25, 0.3) is 5.69 Å². The van der Waals surface area contributed by atoms with E-state index in [1.165, 1.54) is 6.07 Å². The third kappa shape index (κ3) is 4.91. The van der Waals surface area contributed by atoms with Gasteiger partial charge in [-0.15, -0.1) is 0 Å². The number of rotatable bonds is 6. The van der Waals surface area contributed by atoms with Crippen LogP contribution in [0, 0.1) is 20.8 Å². The van der Waals surface area contributed by atoms with E-state index in [1.54, 1.807) is 32.2 Å². The lowest BCUT2D eigenvalue weighted by Gasteiger charge is -2.14. The summed E-state index contributed by atoms with van der Waals surface area (Å²) in [6.07, 6.45) is 0.897. The first-order chi connectivity index (χ1) is 14.3. The number of halogens is 1. The highest BCUT2D eigenvalue weighted by Gasteiger charge is 2.15. The van der Waals surface area contributed by atoms with E-state index in [1.807, 2.05) is 44.2 Å². The summed E-state index contributed by atoms with van der Waals surface area (Å²) in [5.41, 5.74) is 7.34. The molecule has 3 aromatic rings. The quantitative estimate of drug-likeness (QED) is 0.402. The molecule has 0 fully saturated rings. The molecule has 30 heavy (non-hydrogen) atoms. The average Bonchev–Trinajstić information content (AvgIpc) is 2.98. The summed E-state index contributed by atoms with van der Waals surface area (Å²) in [5, 5.41) is 13.6. The van der Waals surface area contributed by atoms with Crippen molar-refractivity contribution in [2.45, 2.75) is 33.8 Å². The van der Waals surface area contributed by atoms with Gasteiger partial charge in [0.2, 0.25) is 0 Å². The van der Waals surface area contributed by atoms with Gasteiger partial charge in [-0.3, -0.25) is 4.79 Å². The highest BCUT2D eigenvalue weighted by atomic mass is 79.9. The third-order valence-corrected chi connectivity index (χ3v) is 5.29. The summed E-state index contributed by atoms with van der Waals surface area (Å²) < 4.78 is 8.83. The Balaban J connectivity index is 1.67. The zero-order chi connectivity index (χ0) is 21.8. The molecule has 3 rings (SSSR count). The number of ether oxygens (including phenoxy) is 1. The van der Waals surface area contributed by atoms with Crippen LogP contribution in [0.1, 0.15) is 29.4 Å². The minimum absolute atomic E-state index is 0.155. The molecule has 1 aromatic heterocycles. The summed E-state index contributed by atoms with van der Waals surface area (Å²) in [4.78, 5) is 12.3. The van der Waals surface area contributed by atoms with Crippen LogP contribution in [0.2, 0.25) is 0 Å². The largest absolute Gasteiger partial charge is 0.508 e. The van der Waals surface area contributed by atoms with Gasteiger partial charge in [0.25, 0.3) is 5.91 Å². The van der Waals surface area contributed by atoms with Crippen LogP contribution in [0.15, 0.2) is 58.1 Å². The highest BCUT2D eigenvalue weighted by Crippen LogP contribution is 2.24. The van der Waals surface area contributed by atoms with E-state index in [0.717, 1.165) is 32.7 Å². The van der Waals surface area contributed by atoms with Crippen LogP contribution in [0.4, 0.5) is 0 Å². The molecule has 156 valence electrons. The summed E-state index contributed by atoms with van der Waals surface area (Å²) >= 11 is 3.46. The van der Waals surface area contributed by atoms with Crippen molar-refractivity contribution in [3.8, 4) is 17.2 Å². The Kier molecular flexibility index (Phi) is 6.62. The minimum Gasteiger partial charge on any atom is -0.508 e. The number of hydrogen-bond acceptors (Lipinski definition) is 4. The van der Waals surface area contributed by atoms with Crippen molar-refractivity contribution in [3.05, 3.63) is 75.5 Å². The van der Waals surface area contributed by atoms with Crippen LogP contribution >= 0.6 is 15.9 Å². The molecule has 0 spiro atoms. The van der Waals surface area contributed by atoms with Gasteiger partial charge in [0.15, 0.2) is 6.10 Å². The maximum absolute atomic E-state index is 12.3. The molecule has 1 heterocycles. The van der Waals surface area contributed by atoms with Gasteiger partial charge in [0.05, 0.1) is 6.21 Å². The first-order valence-electron chi connectivity index (χ1n) is 9.50. The van der Waals surface area contributed by atoms with Gasteiger partial charge in [0, 0.05) is 27.1 Å². The van der Waals surface area contributed by atoms with Crippen LogP contribution < -0.4 is 10.2 Å². The topological polar surface area (TPSA) is 75.8 Å². The van der Waals surface area contributed by atoms with Gasteiger partial charge < -0.3 is 14.4 Å². The Bertz CT molecular complexity index is 1090. The molecule has 0 radical (unpaired) electrons. The fraction of sp³-hybridized carbons (Fsp3) is 0.217. The van der Waals surface area contributed by atoms with E-state index >= 15 is 0 Å². The molecule has 0 aliphatic heterocycles. The average molecular weight is 470 g/mol. The van der Waals surface area contributed by atoms with Crippen LogP contribution in [-0.4, -0.2) is 27.9 Å². The van der Waals surface area contributed by atoms with E-state index in [0.29, 0.717) is 5.75 Å². The summed E-state index contributed by atoms with van der Waals surface area (Å²) in [7, 11) is 0. The lowest BCUT2D eigenvalue weighted by atomic mass is 10.2. The molecule has 2 N–H and O–H groups in total. The van der Waals surface area contributed by atoms with Gasteiger partial charge in [-0.2, -0.15) is 5.10 Å². The van der Waals surface area contributed by atoms with Crippen molar-refractivity contribution in [1.29, 1.82) is 0 Å². The number of aromatic nitrogens is 1. The Morgan fingerprint density at radius 2 is 1.87 bits per heavy atom. The molecule has 0 aliphatic carbocycles. The number of carbonyl (C=O) groups is 1. The van der Waals surface area contributed by atoms with E-state index in [-0.39, 0.29) is 11.7 Å². The minimum atomic E-state index is -0.736. The molecule has 1 atom stereocenters. The zero-order valence-electron chi connectivity index (χ0n) is 17.3. The molecule has 2 aromatic carbocycles. The van der Waals surface area contributed by atoms with Gasteiger partial charge in [0.1, 0.15) is 11.5 Å². The molecule has 0 saturated carbocycles. The van der Waals surface area contributed by atoms with Crippen molar-refractivity contribution in [1.82, 2.24) is 9.99 Å². The number of aromatic hydroxyl groups is 1. The summed E-state index contributed by atoms with van der Waals surface area (Å²) in [5.74, 6) is 0.334. The number of amides is 1. The molecule has 6 nitrogen and oxygen atoms in total. The normalized spacial score (nSPS) is 12.2. The van der Waals surface area contributed by atoms with Crippen molar-refractivity contribution >= 4 is 28.1 Å². The Morgan fingerprint density at radius 3 is 2.53 bits per heavy atom. The number of hydrogen-bond donors (Lipinski definition) is 2. The fourth-order valence-corrected chi connectivity index (χ4v) is 3.44. The third-order valence-electron chi connectivity index (χ3n) is 4.76.